The predicted molar refractivity (Wildman–Crippen MR) is 127 cm³/mol. The molecule has 14 heteroatoms. The van der Waals surface area contributed by atoms with Crippen molar-refractivity contribution in [2.24, 2.45) is 0 Å². The van der Waals surface area contributed by atoms with E-state index in [1.54, 1.807) is 28.9 Å². The third-order valence-electron chi connectivity index (χ3n) is 4.99. The number of pyridine rings is 1. The number of halogens is 4. The number of nitrogens with zero attached hydrogens (tertiary/aromatic N) is 3. The van der Waals surface area contributed by atoms with Gasteiger partial charge in [-0.15, -0.1) is 0 Å². The Morgan fingerprint density at radius 1 is 1.06 bits per heavy atom. The van der Waals surface area contributed by atoms with Crippen LogP contribution in [-0.4, -0.2) is 50.5 Å². The molecule has 0 radical (unpaired) electrons. The molecule has 196 valence electrons. The lowest BCUT2D eigenvalue weighted by Crippen LogP contribution is -2.28. The van der Waals surface area contributed by atoms with E-state index in [-0.39, 0.29) is 12.4 Å². The molecule has 0 aliphatic rings. The van der Waals surface area contributed by atoms with Crippen molar-refractivity contribution in [1.82, 2.24) is 14.8 Å². The Bertz CT molecular complexity index is 1310. The minimum absolute atomic E-state index is 0.00317. The monoisotopic (exact) mass is 547 g/mol. The summed E-state index contributed by atoms with van der Waals surface area (Å²) in [5, 5.41) is 4.32. The number of hydrogen-bond donors (Lipinski definition) is 0. The third-order valence-corrected chi connectivity index (χ3v) is 7.66. The van der Waals surface area contributed by atoms with E-state index in [4.69, 9.17) is 9.47 Å². The molecule has 2 heterocycles. The molecule has 0 aliphatic carbocycles. The minimum Gasteiger partial charge on any atom is -0.497 e. The first-order chi connectivity index (χ1) is 16.7. The summed E-state index contributed by atoms with van der Waals surface area (Å²) in [7, 11) is -5.85. The van der Waals surface area contributed by atoms with E-state index in [9.17, 15) is 26.0 Å². The molecule has 2 aromatic heterocycles. The van der Waals surface area contributed by atoms with E-state index in [0.29, 0.717) is 29.2 Å². The topological polar surface area (TPSA) is 92.5 Å². The van der Waals surface area contributed by atoms with Crippen molar-refractivity contribution in [2.75, 3.05) is 13.7 Å². The van der Waals surface area contributed by atoms with Gasteiger partial charge in [0.15, 0.2) is 5.75 Å². The van der Waals surface area contributed by atoms with Gasteiger partial charge in [0.05, 0.1) is 24.7 Å². The Labute approximate surface area is 207 Å². The maximum Gasteiger partial charge on any atom is 0.534 e. The summed E-state index contributed by atoms with van der Waals surface area (Å²) in [4.78, 5) is 3.63. The van der Waals surface area contributed by atoms with Gasteiger partial charge in [-0.1, -0.05) is 19.6 Å². The molecule has 36 heavy (non-hydrogen) atoms. The summed E-state index contributed by atoms with van der Waals surface area (Å²) < 4.78 is 91.2. The van der Waals surface area contributed by atoms with Crippen molar-refractivity contribution in [3.05, 3.63) is 48.5 Å². The number of benzene rings is 1. The van der Waals surface area contributed by atoms with Gasteiger partial charge in [-0.2, -0.15) is 31.1 Å². The SMILES string of the molecule is COc1ccc(-c2c(-c3ccc(OS(=O)(=O)C(F)(F)F)c(F)n3)cnn2COCC[Si](C)(C)C)cc1. The maximum absolute atomic E-state index is 14.5. The summed E-state index contributed by atoms with van der Waals surface area (Å²) >= 11 is 0. The van der Waals surface area contributed by atoms with Gasteiger partial charge in [-0.3, -0.25) is 0 Å². The van der Waals surface area contributed by atoms with Crippen LogP contribution in [0.2, 0.25) is 25.7 Å². The third kappa shape index (κ3) is 6.62. The number of hydrogen-bond acceptors (Lipinski definition) is 7. The second kappa shape index (κ2) is 10.6. The van der Waals surface area contributed by atoms with Crippen LogP contribution in [0, 0.1) is 5.95 Å². The smallest absolute Gasteiger partial charge is 0.497 e. The molecule has 0 saturated heterocycles. The van der Waals surface area contributed by atoms with Gasteiger partial charge in [0.2, 0.25) is 0 Å². The Kier molecular flexibility index (Phi) is 8.10. The molecule has 0 N–H and O–H groups in total. The Morgan fingerprint density at radius 3 is 2.28 bits per heavy atom. The van der Waals surface area contributed by atoms with Crippen LogP contribution in [0.1, 0.15) is 0 Å². The first-order valence-electron chi connectivity index (χ1n) is 10.7. The highest BCUT2D eigenvalue weighted by molar-refractivity contribution is 7.88. The first kappa shape index (κ1) is 27.6. The number of alkyl halides is 3. The van der Waals surface area contributed by atoms with Crippen LogP contribution in [0.25, 0.3) is 22.5 Å². The van der Waals surface area contributed by atoms with E-state index < -0.39 is 35.4 Å². The van der Waals surface area contributed by atoms with Crippen LogP contribution in [-0.2, 0) is 21.6 Å². The fourth-order valence-electron chi connectivity index (χ4n) is 3.05. The molecule has 0 saturated carbocycles. The molecule has 8 nitrogen and oxygen atoms in total. The molecule has 0 fully saturated rings. The van der Waals surface area contributed by atoms with E-state index in [1.807, 2.05) is 0 Å². The van der Waals surface area contributed by atoms with Gasteiger partial charge >= 0.3 is 15.6 Å². The van der Waals surface area contributed by atoms with Gasteiger partial charge in [0.25, 0.3) is 5.95 Å². The lowest BCUT2D eigenvalue weighted by molar-refractivity contribution is -0.0501. The van der Waals surface area contributed by atoms with Gasteiger partial charge < -0.3 is 13.7 Å². The van der Waals surface area contributed by atoms with E-state index in [2.05, 4.69) is 33.9 Å². The summed E-state index contributed by atoms with van der Waals surface area (Å²) in [5.74, 6) is -2.10. The molecule has 3 rings (SSSR count). The van der Waals surface area contributed by atoms with Crippen LogP contribution >= 0.6 is 0 Å². The van der Waals surface area contributed by atoms with Crippen molar-refractivity contribution in [1.29, 1.82) is 0 Å². The molecule has 0 spiro atoms. The fourth-order valence-corrected chi connectivity index (χ4v) is 4.26. The highest BCUT2D eigenvalue weighted by Gasteiger charge is 2.49. The molecular formula is C22H25F4N3O5SSi. The second-order valence-electron chi connectivity index (χ2n) is 8.95. The first-order valence-corrected chi connectivity index (χ1v) is 15.8. The van der Waals surface area contributed by atoms with Gasteiger partial charge in [-0.05, 0) is 42.4 Å². The number of methoxy groups -OCH3 is 1. The van der Waals surface area contributed by atoms with Crippen molar-refractivity contribution in [3.8, 4) is 34.0 Å². The summed E-state index contributed by atoms with van der Waals surface area (Å²) in [6, 6.07) is 9.79. The molecule has 3 aromatic rings. The van der Waals surface area contributed by atoms with Crippen molar-refractivity contribution in [2.45, 2.75) is 37.9 Å². The molecule has 0 bridgehead atoms. The second-order valence-corrected chi connectivity index (χ2v) is 16.1. The molecule has 1 aromatic carbocycles. The van der Waals surface area contributed by atoms with Crippen molar-refractivity contribution < 1.29 is 39.6 Å². The van der Waals surface area contributed by atoms with E-state index in [1.165, 1.54) is 13.3 Å². The van der Waals surface area contributed by atoms with Crippen molar-refractivity contribution >= 4 is 18.2 Å². The molecule has 0 unspecified atom stereocenters. The average Bonchev–Trinajstić information content (AvgIpc) is 3.20. The van der Waals surface area contributed by atoms with Crippen LogP contribution in [0.15, 0.2) is 42.6 Å². The van der Waals surface area contributed by atoms with Crippen LogP contribution in [0.3, 0.4) is 0 Å². The maximum atomic E-state index is 14.5. The molecular weight excluding hydrogens is 522 g/mol. The predicted octanol–water partition coefficient (Wildman–Crippen LogP) is 5.30. The van der Waals surface area contributed by atoms with Gasteiger partial charge in [0.1, 0.15) is 12.5 Å². The standard InChI is InChI=1S/C22H25F4N3O5SSi/c1-32-16-7-5-15(6-8-16)20-17(13-27-29(20)14-33-11-12-36(2,3)4)18-9-10-19(21(23)28-18)34-35(30,31)22(24,25)26/h5-10,13H,11-12,14H2,1-4H3. The summed E-state index contributed by atoms with van der Waals surface area (Å²) in [5.41, 5.74) is -4.19. The lowest BCUT2D eigenvalue weighted by Gasteiger charge is -2.16. The highest BCUT2D eigenvalue weighted by atomic mass is 32.2. The molecule has 0 atom stereocenters. The Hall–Kier alpha value is -2.97. The van der Waals surface area contributed by atoms with Gasteiger partial charge in [-0.25, -0.2) is 9.67 Å². The lowest BCUT2D eigenvalue weighted by atomic mass is 10.0. The average molecular weight is 548 g/mol. The van der Waals surface area contributed by atoms with Crippen LogP contribution < -0.4 is 8.92 Å². The van der Waals surface area contributed by atoms with Crippen LogP contribution in [0.5, 0.6) is 11.5 Å². The largest absolute Gasteiger partial charge is 0.534 e. The zero-order chi connectivity index (χ0) is 26.7. The quantitative estimate of drug-likeness (QED) is 0.0849. The van der Waals surface area contributed by atoms with Crippen LogP contribution in [0.4, 0.5) is 17.6 Å². The molecule has 0 aliphatic heterocycles. The zero-order valence-electron chi connectivity index (χ0n) is 20.0. The zero-order valence-corrected chi connectivity index (χ0v) is 21.8. The Morgan fingerprint density at radius 2 is 1.72 bits per heavy atom. The Balaban J connectivity index is 1.97. The number of rotatable bonds is 10. The van der Waals surface area contributed by atoms with Crippen molar-refractivity contribution in [3.63, 3.8) is 0 Å². The highest BCUT2D eigenvalue weighted by Crippen LogP contribution is 2.34. The number of ether oxygens (including phenoxy) is 2. The van der Waals surface area contributed by atoms with E-state index in [0.717, 1.165) is 18.2 Å². The molecule has 0 amide bonds. The van der Waals surface area contributed by atoms with Gasteiger partial charge in [0, 0.05) is 25.8 Å². The van der Waals surface area contributed by atoms with E-state index >= 15 is 0 Å². The minimum atomic E-state index is -6.05. The summed E-state index contributed by atoms with van der Waals surface area (Å²) in [6.45, 7) is 7.29. The summed E-state index contributed by atoms with van der Waals surface area (Å²) in [6.07, 6.45) is 1.41. The normalized spacial score (nSPS) is 12.6. The fraction of sp³-hybridized carbons (Fsp3) is 0.364. The number of aromatic nitrogens is 3.